The van der Waals surface area contributed by atoms with Gasteiger partial charge in [0.05, 0.1) is 12.2 Å². The summed E-state index contributed by atoms with van der Waals surface area (Å²) in [6.07, 6.45) is 5.94. The van der Waals surface area contributed by atoms with Gasteiger partial charge >= 0.3 is 0 Å². The van der Waals surface area contributed by atoms with Crippen molar-refractivity contribution in [2.75, 3.05) is 13.1 Å². The summed E-state index contributed by atoms with van der Waals surface area (Å²) in [5.41, 5.74) is 0. The molecule has 0 aromatic rings. The lowest BCUT2D eigenvalue weighted by Gasteiger charge is -2.14. The first-order valence-electron chi connectivity index (χ1n) is 5.76. The molecule has 2 aliphatic rings. The molecule has 1 saturated heterocycles. The number of ether oxygens (including phenoxy) is 1. The molecule has 1 aliphatic heterocycles. The molecule has 14 heavy (non-hydrogen) atoms. The summed E-state index contributed by atoms with van der Waals surface area (Å²) >= 11 is 6.19. The van der Waals surface area contributed by atoms with Crippen LogP contribution in [0.2, 0.25) is 0 Å². The van der Waals surface area contributed by atoms with Crippen LogP contribution in [0.4, 0.5) is 0 Å². The van der Waals surface area contributed by atoms with Crippen LogP contribution in [0.1, 0.15) is 32.6 Å². The second-order valence-corrected chi connectivity index (χ2v) is 5.22. The monoisotopic (exact) mass is 217 g/mol. The van der Waals surface area contributed by atoms with Gasteiger partial charge in [0, 0.05) is 18.5 Å². The smallest absolute Gasteiger partial charge is 0.0704 e. The van der Waals surface area contributed by atoms with E-state index in [4.69, 9.17) is 16.3 Å². The Labute approximate surface area is 91.3 Å². The topological polar surface area (TPSA) is 21.3 Å². The fraction of sp³-hybridized carbons (Fsp3) is 1.00. The van der Waals surface area contributed by atoms with Crippen LogP contribution in [0, 0.1) is 5.92 Å². The van der Waals surface area contributed by atoms with Crippen LogP contribution in [0.3, 0.4) is 0 Å². The highest BCUT2D eigenvalue weighted by atomic mass is 35.5. The van der Waals surface area contributed by atoms with E-state index in [1.807, 2.05) is 0 Å². The van der Waals surface area contributed by atoms with E-state index in [2.05, 4.69) is 12.2 Å². The van der Waals surface area contributed by atoms with Crippen molar-refractivity contribution in [1.82, 2.24) is 5.32 Å². The molecule has 1 heterocycles. The fourth-order valence-electron chi connectivity index (χ4n) is 2.04. The maximum absolute atomic E-state index is 6.19. The Hall–Kier alpha value is 0.210. The zero-order chi connectivity index (χ0) is 9.97. The molecular weight excluding hydrogens is 198 g/mol. The molecule has 3 atom stereocenters. The lowest BCUT2D eigenvalue weighted by Crippen LogP contribution is -2.32. The van der Waals surface area contributed by atoms with Crippen LogP contribution in [0.15, 0.2) is 0 Å². The lowest BCUT2D eigenvalue weighted by molar-refractivity contribution is 0.0561. The van der Waals surface area contributed by atoms with E-state index in [0.717, 1.165) is 19.0 Å². The average molecular weight is 218 g/mol. The number of halogens is 1. The van der Waals surface area contributed by atoms with E-state index in [-0.39, 0.29) is 0 Å². The van der Waals surface area contributed by atoms with Crippen LogP contribution >= 0.6 is 11.6 Å². The van der Waals surface area contributed by atoms with Gasteiger partial charge < -0.3 is 10.1 Å². The highest BCUT2D eigenvalue weighted by Gasteiger charge is 2.29. The summed E-state index contributed by atoms with van der Waals surface area (Å²) in [6.45, 7) is 4.06. The minimum Gasteiger partial charge on any atom is -0.374 e. The molecule has 3 heteroatoms. The molecular formula is C11H20ClNO. The molecule has 2 rings (SSSR count). The van der Waals surface area contributed by atoms with Crippen LogP contribution < -0.4 is 5.32 Å². The van der Waals surface area contributed by atoms with Crippen molar-refractivity contribution >= 4 is 11.6 Å². The lowest BCUT2D eigenvalue weighted by atomic mass is 10.2. The number of hydrogen-bond donors (Lipinski definition) is 1. The van der Waals surface area contributed by atoms with Gasteiger partial charge in [-0.25, -0.2) is 0 Å². The zero-order valence-corrected chi connectivity index (χ0v) is 9.59. The largest absolute Gasteiger partial charge is 0.374 e. The zero-order valence-electron chi connectivity index (χ0n) is 8.84. The first-order chi connectivity index (χ1) is 6.75. The van der Waals surface area contributed by atoms with Crippen molar-refractivity contribution in [2.45, 2.75) is 50.2 Å². The van der Waals surface area contributed by atoms with Crippen molar-refractivity contribution in [1.29, 1.82) is 0 Å². The summed E-state index contributed by atoms with van der Waals surface area (Å²) < 4.78 is 5.71. The summed E-state index contributed by atoms with van der Waals surface area (Å²) in [5, 5.41) is 3.75. The Morgan fingerprint density at radius 2 is 2.14 bits per heavy atom. The van der Waals surface area contributed by atoms with E-state index in [9.17, 15) is 0 Å². The molecule has 3 unspecified atom stereocenters. The standard InChI is InChI=1S/C11H20ClNO/c1-8-2-5-10(14-8)6-13-7-11(12)9-3-4-9/h8-11,13H,2-7H2,1H3. The minimum absolute atomic E-state index is 0.342. The Morgan fingerprint density at radius 3 is 2.71 bits per heavy atom. The average Bonchev–Trinajstić information content (AvgIpc) is 2.92. The third-order valence-corrected chi connectivity index (χ3v) is 3.68. The normalized spacial score (nSPS) is 34.7. The van der Waals surface area contributed by atoms with Crippen LogP contribution in [0.25, 0.3) is 0 Å². The SMILES string of the molecule is CC1CCC(CNCC(Cl)C2CC2)O1. The van der Waals surface area contributed by atoms with E-state index in [0.29, 0.717) is 17.6 Å². The second-order valence-electron chi connectivity index (χ2n) is 4.66. The van der Waals surface area contributed by atoms with E-state index < -0.39 is 0 Å². The Bertz CT molecular complexity index is 184. The minimum atomic E-state index is 0.342. The third-order valence-electron chi connectivity index (χ3n) is 3.16. The number of rotatable bonds is 5. The van der Waals surface area contributed by atoms with Gasteiger partial charge in [-0.15, -0.1) is 11.6 Å². The fourth-order valence-corrected chi connectivity index (χ4v) is 2.40. The maximum atomic E-state index is 6.19. The molecule has 0 spiro atoms. The Balaban J connectivity index is 1.54. The highest BCUT2D eigenvalue weighted by Crippen LogP contribution is 2.35. The molecule has 0 aromatic heterocycles. The summed E-state index contributed by atoms with van der Waals surface area (Å²) in [6, 6.07) is 0. The van der Waals surface area contributed by atoms with Crippen molar-refractivity contribution in [3.63, 3.8) is 0 Å². The van der Waals surface area contributed by atoms with E-state index >= 15 is 0 Å². The molecule has 2 nitrogen and oxygen atoms in total. The number of alkyl halides is 1. The summed E-state index contributed by atoms with van der Waals surface area (Å²) in [5.74, 6) is 0.785. The third kappa shape index (κ3) is 3.11. The van der Waals surface area contributed by atoms with Gasteiger partial charge in [-0.05, 0) is 38.5 Å². The molecule has 0 amide bonds. The highest BCUT2D eigenvalue weighted by molar-refractivity contribution is 6.21. The van der Waals surface area contributed by atoms with Gasteiger partial charge in [0.2, 0.25) is 0 Å². The van der Waals surface area contributed by atoms with Gasteiger partial charge in [0.15, 0.2) is 0 Å². The van der Waals surface area contributed by atoms with Crippen molar-refractivity contribution in [3.05, 3.63) is 0 Å². The predicted octanol–water partition coefficient (Wildman–Crippen LogP) is 2.16. The quantitative estimate of drug-likeness (QED) is 0.713. The first-order valence-corrected chi connectivity index (χ1v) is 6.19. The molecule has 1 saturated carbocycles. The Morgan fingerprint density at radius 1 is 1.36 bits per heavy atom. The molecule has 82 valence electrons. The first kappa shape index (κ1) is 10.7. The van der Waals surface area contributed by atoms with Gasteiger partial charge in [0.1, 0.15) is 0 Å². The molecule has 0 radical (unpaired) electrons. The molecule has 1 N–H and O–H groups in total. The number of nitrogens with one attached hydrogen (secondary N) is 1. The van der Waals surface area contributed by atoms with Gasteiger partial charge in [-0.1, -0.05) is 0 Å². The summed E-state index contributed by atoms with van der Waals surface area (Å²) in [7, 11) is 0. The van der Waals surface area contributed by atoms with Crippen LogP contribution in [-0.2, 0) is 4.74 Å². The number of hydrogen-bond acceptors (Lipinski definition) is 2. The van der Waals surface area contributed by atoms with Crippen LogP contribution in [0.5, 0.6) is 0 Å². The molecule has 0 bridgehead atoms. The van der Waals surface area contributed by atoms with E-state index in [1.54, 1.807) is 0 Å². The van der Waals surface area contributed by atoms with Crippen molar-refractivity contribution in [2.24, 2.45) is 5.92 Å². The van der Waals surface area contributed by atoms with Gasteiger partial charge in [-0.2, -0.15) is 0 Å². The van der Waals surface area contributed by atoms with Crippen LogP contribution in [-0.4, -0.2) is 30.7 Å². The second kappa shape index (κ2) is 4.82. The predicted molar refractivity (Wildman–Crippen MR) is 58.8 cm³/mol. The van der Waals surface area contributed by atoms with Crippen molar-refractivity contribution < 1.29 is 4.74 Å². The Kier molecular flexibility index (Phi) is 3.69. The maximum Gasteiger partial charge on any atom is 0.0704 e. The van der Waals surface area contributed by atoms with Crippen molar-refractivity contribution in [3.8, 4) is 0 Å². The molecule has 1 aliphatic carbocycles. The van der Waals surface area contributed by atoms with E-state index in [1.165, 1.54) is 25.7 Å². The summed E-state index contributed by atoms with van der Waals surface area (Å²) in [4.78, 5) is 0. The van der Waals surface area contributed by atoms with Gasteiger partial charge in [-0.3, -0.25) is 0 Å². The molecule has 2 fully saturated rings. The molecule has 0 aromatic carbocycles. The van der Waals surface area contributed by atoms with Gasteiger partial charge in [0.25, 0.3) is 0 Å².